The molecule has 5 nitrogen and oxygen atoms in total. The summed E-state index contributed by atoms with van der Waals surface area (Å²) in [4.78, 5) is 22.6. The van der Waals surface area contributed by atoms with Gasteiger partial charge in [0.15, 0.2) is 0 Å². The van der Waals surface area contributed by atoms with Crippen molar-refractivity contribution in [2.45, 2.75) is 38.6 Å². The minimum absolute atomic E-state index is 0.101. The highest BCUT2D eigenvalue weighted by atomic mass is 16.2. The van der Waals surface area contributed by atoms with Crippen LogP contribution in [0.4, 0.5) is 0 Å². The predicted octanol–water partition coefficient (Wildman–Crippen LogP) is 0.321. The molecule has 1 saturated carbocycles. The minimum Gasteiger partial charge on any atom is -0.345 e. The van der Waals surface area contributed by atoms with Gasteiger partial charge in [-0.2, -0.15) is 5.26 Å². The molecule has 1 fully saturated rings. The second kappa shape index (κ2) is 6.11. The minimum atomic E-state index is -0.722. The zero-order valence-corrected chi connectivity index (χ0v) is 9.45. The largest absolute Gasteiger partial charge is 0.345 e. The molecular weight excluding hydrogens is 206 g/mol. The van der Waals surface area contributed by atoms with Crippen molar-refractivity contribution in [3.8, 4) is 6.07 Å². The van der Waals surface area contributed by atoms with Crippen LogP contribution in [0.25, 0.3) is 0 Å². The predicted molar refractivity (Wildman–Crippen MR) is 58.2 cm³/mol. The first-order chi connectivity index (χ1) is 7.63. The third-order valence-electron chi connectivity index (χ3n) is 2.81. The highest BCUT2D eigenvalue weighted by molar-refractivity contribution is 6.35. The van der Waals surface area contributed by atoms with Crippen molar-refractivity contribution in [2.75, 3.05) is 6.54 Å². The molecule has 0 saturated heterocycles. The number of hydrogen-bond acceptors (Lipinski definition) is 3. The summed E-state index contributed by atoms with van der Waals surface area (Å²) in [6, 6.07) is 1.85. The van der Waals surface area contributed by atoms with Gasteiger partial charge in [0.1, 0.15) is 6.54 Å². The molecule has 2 N–H and O–H groups in total. The Kier molecular flexibility index (Phi) is 4.77. The smallest absolute Gasteiger partial charge is 0.310 e. The van der Waals surface area contributed by atoms with E-state index >= 15 is 0 Å². The lowest BCUT2D eigenvalue weighted by Gasteiger charge is -2.27. The van der Waals surface area contributed by atoms with Crippen molar-refractivity contribution in [1.29, 1.82) is 5.26 Å². The molecule has 1 aliphatic rings. The Morgan fingerprint density at radius 1 is 1.38 bits per heavy atom. The van der Waals surface area contributed by atoms with Crippen molar-refractivity contribution >= 4 is 11.8 Å². The molecule has 88 valence electrons. The third kappa shape index (κ3) is 3.89. The number of carbonyl (C=O) groups excluding carboxylic acids is 2. The Hall–Kier alpha value is -1.57. The Morgan fingerprint density at radius 3 is 2.75 bits per heavy atom. The van der Waals surface area contributed by atoms with E-state index in [1.165, 1.54) is 6.42 Å². The van der Waals surface area contributed by atoms with Gasteiger partial charge in [-0.05, 0) is 18.8 Å². The summed E-state index contributed by atoms with van der Waals surface area (Å²) in [5, 5.41) is 13.2. The van der Waals surface area contributed by atoms with Crippen molar-refractivity contribution in [2.24, 2.45) is 5.92 Å². The number of nitrogens with zero attached hydrogens (tertiary/aromatic N) is 1. The molecule has 16 heavy (non-hydrogen) atoms. The van der Waals surface area contributed by atoms with Gasteiger partial charge >= 0.3 is 11.8 Å². The summed E-state index contributed by atoms with van der Waals surface area (Å²) in [6.07, 6.45) is 4.14. The first-order valence-corrected chi connectivity index (χ1v) is 5.59. The van der Waals surface area contributed by atoms with E-state index in [0.29, 0.717) is 5.92 Å². The van der Waals surface area contributed by atoms with Crippen LogP contribution in [-0.4, -0.2) is 24.4 Å². The van der Waals surface area contributed by atoms with Crippen LogP contribution in [0.5, 0.6) is 0 Å². The summed E-state index contributed by atoms with van der Waals surface area (Å²) >= 11 is 0. The standard InChI is InChI=1S/C11H17N3O2/c1-8-3-2-4-9(7-8)14-11(16)10(15)13-6-5-12/h8-9H,2-4,6-7H2,1H3,(H,13,15)(H,14,16). The summed E-state index contributed by atoms with van der Waals surface area (Å²) in [5.74, 6) is -0.754. The van der Waals surface area contributed by atoms with Crippen LogP contribution in [0.15, 0.2) is 0 Å². The van der Waals surface area contributed by atoms with E-state index in [0.717, 1.165) is 19.3 Å². The Balaban J connectivity index is 2.33. The quantitative estimate of drug-likeness (QED) is 0.522. The van der Waals surface area contributed by atoms with Crippen LogP contribution in [0.3, 0.4) is 0 Å². The maximum absolute atomic E-state index is 11.4. The molecule has 0 radical (unpaired) electrons. The monoisotopic (exact) mass is 223 g/mol. The fourth-order valence-electron chi connectivity index (χ4n) is 2.02. The number of nitriles is 1. The second-order valence-electron chi connectivity index (χ2n) is 4.28. The third-order valence-corrected chi connectivity index (χ3v) is 2.81. The Labute approximate surface area is 95.2 Å². The van der Waals surface area contributed by atoms with Gasteiger partial charge in [0.2, 0.25) is 0 Å². The van der Waals surface area contributed by atoms with Crippen molar-refractivity contribution in [3.63, 3.8) is 0 Å². The van der Waals surface area contributed by atoms with E-state index in [9.17, 15) is 9.59 Å². The molecule has 0 aliphatic heterocycles. The van der Waals surface area contributed by atoms with Crippen LogP contribution >= 0.6 is 0 Å². The van der Waals surface area contributed by atoms with Crippen molar-refractivity contribution in [1.82, 2.24) is 10.6 Å². The van der Waals surface area contributed by atoms with Gasteiger partial charge in [-0.1, -0.05) is 19.8 Å². The molecule has 0 heterocycles. The molecule has 5 heteroatoms. The summed E-state index contributed by atoms with van der Waals surface area (Å²) in [6.45, 7) is 2.02. The average molecular weight is 223 g/mol. The molecule has 0 aromatic heterocycles. The van der Waals surface area contributed by atoms with Crippen LogP contribution in [0.1, 0.15) is 32.6 Å². The van der Waals surface area contributed by atoms with Crippen molar-refractivity contribution in [3.05, 3.63) is 0 Å². The average Bonchev–Trinajstić information content (AvgIpc) is 2.25. The summed E-state index contributed by atoms with van der Waals surface area (Å²) in [7, 11) is 0. The Bertz CT molecular complexity index is 309. The zero-order valence-electron chi connectivity index (χ0n) is 9.45. The molecule has 0 spiro atoms. The maximum atomic E-state index is 11.4. The summed E-state index contributed by atoms with van der Waals surface area (Å²) < 4.78 is 0. The lowest BCUT2D eigenvalue weighted by molar-refractivity contribution is -0.139. The second-order valence-corrected chi connectivity index (χ2v) is 4.28. The van der Waals surface area contributed by atoms with Crippen LogP contribution in [0.2, 0.25) is 0 Å². The number of rotatable bonds is 2. The molecule has 0 aromatic carbocycles. The van der Waals surface area contributed by atoms with Gasteiger partial charge in [-0.3, -0.25) is 9.59 Å². The van der Waals surface area contributed by atoms with E-state index < -0.39 is 11.8 Å². The topological polar surface area (TPSA) is 82.0 Å². The maximum Gasteiger partial charge on any atom is 0.310 e. The molecule has 1 rings (SSSR count). The molecule has 2 atom stereocenters. The number of nitrogens with one attached hydrogen (secondary N) is 2. The highest BCUT2D eigenvalue weighted by Gasteiger charge is 2.22. The molecule has 0 bridgehead atoms. The fourth-order valence-corrected chi connectivity index (χ4v) is 2.02. The first-order valence-electron chi connectivity index (χ1n) is 5.59. The molecule has 2 amide bonds. The van der Waals surface area contributed by atoms with Crippen LogP contribution in [-0.2, 0) is 9.59 Å². The number of carbonyl (C=O) groups is 2. The van der Waals surface area contributed by atoms with E-state index in [1.807, 2.05) is 0 Å². The first kappa shape index (κ1) is 12.5. The van der Waals surface area contributed by atoms with Gasteiger partial charge in [-0.25, -0.2) is 0 Å². The fraction of sp³-hybridized carbons (Fsp3) is 0.727. The van der Waals surface area contributed by atoms with Crippen LogP contribution in [0, 0.1) is 17.2 Å². The number of hydrogen-bond donors (Lipinski definition) is 2. The zero-order chi connectivity index (χ0) is 12.0. The van der Waals surface area contributed by atoms with Gasteiger partial charge in [0, 0.05) is 6.04 Å². The van der Waals surface area contributed by atoms with E-state index in [-0.39, 0.29) is 12.6 Å². The molecule has 2 unspecified atom stereocenters. The SMILES string of the molecule is CC1CCCC(NC(=O)C(=O)NCC#N)C1. The van der Waals surface area contributed by atoms with Gasteiger partial charge < -0.3 is 10.6 Å². The molecular formula is C11H17N3O2. The van der Waals surface area contributed by atoms with Gasteiger partial charge in [0.25, 0.3) is 0 Å². The lowest BCUT2D eigenvalue weighted by Crippen LogP contribution is -2.46. The molecule has 1 aliphatic carbocycles. The summed E-state index contributed by atoms with van der Waals surface area (Å²) in [5.41, 5.74) is 0. The normalized spacial score (nSPS) is 24.2. The van der Waals surface area contributed by atoms with E-state index in [1.54, 1.807) is 6.07 Å². The lowest BCUT2D eigenvalue weighted by atomic mass is 9.87. The van der Waals surface area contributed by atoms with Gasteiger partial charge in [-0.15, -0.1) is 0 Å². The van der Waals surface area contributed by atoms with Crippen LogP contribution < -0.4 is 10.6 Å². The number of amides is 2. The van der Waals surface area contributed by atoms with Gasteiger partial charge in [0.05, 0.1) is 6.07 Å². The Morgan fingerprint density at radius 2 is 2.12 bits per heavy atom. The van der Waals surface area contributed by atoms with E-state index in [4.69, 9.17) is 5.26 Å². The highest BCUT2D eigenvalue weighted by Crippen LogP contribution is 2.23. The molecule has 0 aromatic rings. The van der Waals surface area contributed by atoms with Crippen molar-refractivity contribution < 1.29 is 9.59 Å². The van der Waals surface area contributed by atoms with E-state index in [2.05, 4.69) is 17.6 Å².